The van der Waals surface area contributed by atoms with Crippen LogP contribution in [0, 0.1) is 0 Å². The Morgan fingerprint density at radius 1 is 1.36 bits per heavy atom. The van der Waals surface area contributed by atoms with E-state index >= 15 is 0 Å². The summed E-state index contributed by atoms with van der Waals surface area (Å²) < 4.78 is 0. The number of rotatable bonds is 5. The van der Waals surface area contributed by atoms with Crippen LogP contribution in [0.15, 0.2) is 29.2 Å². The van der Waals surface area contributed by atoms with Gasteiger partial charge in [0.1, 0.15) is 0 Å². The molecule has 1 rings (SSSR count). The summed E-state index contributed by atoms with van der Waals surface area (Å²) in [5.41, 5.74) is 1.11. The molecule has 0 aliphatic heterocycles. The van der Waals surface area contributed by atoms with Gasteiger partial charge in [0.2, 0.25) is 0 Å². The topological polar surface area (TPSA) is 32.3 Å². The maximum absolute atomic E-state index is 9.07. The van der Waals surface area contributed by atoms with E-state index in [0.717, 1.165) is 18.7 Å². The van der Waals surface area contributed by atoms with Gasteiger partial charge in [0, 0.05) is 17.1 Å². The van der Waals surface area contributed by atoms with Crippen LogP contribution in [0.1, 0.15) is 13.3 Å². The Kier molecular flexibility index (Phi) is 4.84. The number of benzene rings is 1. The molecular weight excluding hydrogens is 194 g/mol. The largest absolute Gasteiger partial charge is 0.393 e. The van der Waals surface area contributed by atoms with Gasteiger partial charge in [-0.15, -0.1) is 11.8 Å². The molecule has 0 radical (unpaired) electrons. The third kappa shape index (κ3) is 4.03. The average Bonchev–Trinajstić information content (AvgIpc) is 2.18. The molecule has 0 saturated heterocycles. The Morgan fingerprint density at radius 3 is 2.50 bits per heavy atom. The summed E-state index contributed by atoms with van der Waals surface area (Å²) in [7, 11) is 0. The molecule has 0 spiro atoms. The highest BCUT2D eigenvalue weighted by Gasteiger charge is 1.95. The molecule has 2 nitrogen and oxygen atoms in total. The van der Waals surface area contributed by atoms with Crippen LogP contribution in [-0.4, -0.2) is 24.0 Å². The lowest BCUT2D eigenvalue weighted by molar-refractivity contribution is 0.189. The van der Waals surface area contributed by atoms with E-state index in [2.05, 4.69) is 35.8 Å². The van der Waals surface area contributed by atoms with E-state index in [1.54, 1.807) is 18.7 Å². The Bertz CT molecular complexity index is 258. The predicted molar refractivity (Wildman–Crippen MR) is 63.0 cm³/mol. The molecule has 0 aromatic heterocycles. The van der Waals surface area contributed by atoms with Gasteiger partial charge in [-0.2, -0.15) is 0 Å². The van der Waals surface area contributed by atoms with Gasteiger partial charge in [-0.1, -0.05) is 0 Å². The summed E-state index contributed by atoms with van der Waals surface area (Å²) in [6.07, 6.45) is 2.62. The second-order valence-corrected chi connectivity index (χ2v) is 4.17. The van der Waals surface area contributed by atoms with Gasteiger partial charge < -0.3 is 10.4 Å². The molecule has 0 amide bonds. The van der Waals surface area contributed by atoms with Crippen molar-refractivity contribution in [1.29, 1.82) is 0 Å². The highest BCUT2D eigenvalue weighted by molar-refractivity contribution is 7.98. The van der Waals surface area contributed by atoms with Crippen molar-refractivity contribution in [2.75, 3.05) is 18.1 Å². The van der Waals surface area contributed by atoms with Gasteiger partial charge in [-0.3, -0.25) is 0 Å². The first-order chi connectivity index (χ1) is 6.72. The molecule has 0 aliphatic carbocycles. The normalized spacial score (nSPS) is 12.5. The zero-order chi connectivity index (χ0) is 10.4. The Hall–Kier alpha value is -0.670. The van der Waals surface area contributed by atoms with E-state index in [9.17, 15) is 0 Å². The molecule has 1 atom stereocenters. The summed E-state index contributed by atoms with van der Waals surface area (Å²) >= 11 is 1.74. The summed E-state index contributed by atoms with van der Waals surface area (Å²) in [6.45, 7) is 2.62. The van der Waals surface area contributed by atoms with E-state index < -0.39 is 0 Å². The molecule has 0 heterocycles. The van der Waals surface area contributed by atoms with Gasteiger partial charge in [0.15, 0.2) is 0 Å². The van der Waals surface area contributed by atoms with E-state index in [0.29, 0.717) is 0 Å². The SMILES string of the molecule is CSc1ccc(NCCC(C)O)cc1. The first kappa shape index (κ1) is 11.4. The van der Waals surface area contributed by atoms with Crippen molar-refractivity contribution < 1.29 is 5.11 Å². The monoisotopic (exact) mass is 211 g/mol. The smallest absolute Gasteiger partial charge is 0.0528 e. The maximum atomic E-state index is 9.07. The van der Waals surface area contributed by atoms with E-state index in [1.165, 1.54) is 4.90 Å². The number of anilines is 1. The highest BCUT2D eigenvalue weighted by Crippen LogP contribution is 2.17. The molecule has 0 fully saturated rings. The predicted octanol–water partition coefficient (Wildman–Crippen LogP) is 2.59. The fraction of sp³-hybridized carbons (Fsp3) is 0.455. The second kappa shape index (κ2) is 5.94. The van der Waals surface area contributed by atoms with Crippen LogP contribution < -0.4 is 5.32 Å². The number of hydrogen-bond donors (Lipinski definition) is 2. The Morgan fingerprint density at radius 2 is 2.00 bits per heavy atom. The van der Waals surface area contributed by atoms with Gasteiger partial charge in [-0.05, 0) is 43.9 Å². The van der Waals surface area contributed by atoms with E-state index in [-0.39, 0.29) is 6.10 Å². The minimum Gasteiger partial charge on any atom is -0.393 e. The second-order valence-electron chi connectivity index (χ2n) is 3.29. The molecule has 1 unspecified atom stereocenters. The summed E-state index contributed by atoms with van der Waals surface area (Å²) in [5.74, 6) is 0. The van der Waals surface area contributed by atoms with Gasteiger partial charge in [-0.25, -0.2) is 0 Å². The van der Waals surface area contributed by atoms with Crippen molar-refractivity contribution in [3.8, 4) is 0 Å². The Labute approximate surface area is 89.7 Å². The minimum absolute atomic E-state index is 0.229. The first-order valence-corrected chi connectivity index (χ1v) is 6.01. The molecule has 1 aromatic carbocycles. The van der Waals surface area contributed by atoms with Crippen LogP contribution in [-0.2, 0) is 0 Å². The quantitative estimate of drug-likeness (QED) is 0.734. The number of thioether (sulfide) groups is 1. The number of aliphatic hydroxyl groups is 1. The van der Waals surface area contributed by atoms with Crippen molar-refractivity contribution in [2.24, 2.45) is 0 Å². The summed E-state index contributed by atoms with van der Waals surface area (Å²) in [6, 6.07) is 8.31. The summed E-state index contributed by atoms with van der Waals surface area (Å²) in [4.78, 5) is 1.27. The van der Waals surface area contributed by atoms with Crippen LogP contribution in [0.5, 0.6) is 0 Å². The van der Waals surface area contributed by atoms with Crippen molar-refractivity contribution in [3.63, 3.8) is 0 Å². The lowest BCUT2D eigenvalue weighted by Gasteiger charge is -2.08. The van der Waals surface area contributed by atoms with Crippen LogP contribution in [0.3, 0.4) is 0 Å². The van der Waals surface area contributed by atoms with Gasteiger partial charge >= 0.3 is 0 Å². The molecule has 78 valence electrons. The molecule has 2 N–H and O–H groups in total. The molecule has 0 bridgehead atoms. The standard InChI is InChI=1S/C11H17NOS/c1-9(13)7-8-12-10-3-5-11(14-2)6-4-10/h3-6,9,12-13H,7-8H2,1-2H3. The fourth-order valence-corrected chi connectivity index (χ4v) is 1.54. The molecule has 0 aliphatic rings. The lowest BCUT2D eigenvalue weighted by Crippen LogP contribution is -2.09. The van der Waals surface area contributed by atoms with E-state index in [1.807, 2.05) is 0 Å². The van der Waals surface area contributed by atoms with Crippen molar-refractivity contribution in [3.05, 3.63) is 24.3 Å². The molecule has 14 heavy (non-hydrogen) atoms. The zero-order valence-corrected chi connectivity index (χ0v) is 9.47. The molecule has 1 aromatic rings. The third-order valence-electron chi connectivity index (χ3n) is 1.98. The van der Waals surface area contributed by atoms with Crippen LogP contribution in [0.25, 0.3) is 0 Å². The number of nitrogens with one attached hydrogen (secondary N) is 1. The maximum Gasteiger partial charge on any atom is 0.0528 e. The number of hydrogen-bond acceptors (Lipinski definition) is 3. The average molecular weight is 211 g/mol. The van der Waals surface area contributed by atoms with Crippen molar-refractivity contribution >= 4 is 17.4 Å². The zero-order valence-electron chi connectivity index (χ0n) is 8.66. The van der Waals surface area contributed by atoms with Crippen molar-refractivity contribution in [1.82, 2.24) is 0 Å². The minimum atomic E-state index is -0.229. The molecule has 3 heteroatoms. The van der Waals surface area contributed by atoms with Crippen LogP contribution in [0.4, 0.5) is 5.69 Å². The third-order valence-corrected chi connectivity index (χ3v) is 2.72. The lowest BCUT2D eigenvalue weighted by atomic mass is 10.2. The molecular formula is C11H17NOS. The van der Waals surface area contributed by atoms with Crippen LogP contribution in [0.2, 0.25) is 0 Å². The summed E-state index contributed by atoms with van der Waals surface area (Å²) in [5, 5.41) is 12.3. The fourth-order valence-electron chi connectivity index (χ4n) is 1.13. The van der Waals surface area contributed by atoms with Gasteiger partial charge in [0.05, 0.1) is 6.10 Å². The van der Waals surface area contributed by atoms with Gasteiger partial charge in [0.25, 0.3) is 0 Å². The first-order valence-electron chi connectivity index (χ1n) is 4.78. The number of aliphatic hydroxyl groups excluding tert-OH is 1. The van der Waals surface area contributed by atoms with E-state index in [4.69, 9.17) is 5.11 Å². The van der Waals surface area contributed by atoms with Crippen molar-refractivity contribution in [2.45, 2.75) is 24.3 Å². The van der Waals surface area contributed by atoms with Crippen LogP contribution >= 0.6 is 11.8 Å². The molecule has 0 saturated carbocycles. The highest BCUT2D eigenvalue weighted by atomic mass is 32.2. The Balaban J connectivity index is 2.36.